The molecular formula is C22H20FNO4. The molecule has 0 bridgehead atoms. The van der Waals surface area contributed by atoms with Crippen molar-refractivity contribution in [2.45, 2.75) is 18.9 Å². The molecule has 1 amide bonds. The Morgan fingerprint density at radius 1 is 1.04 bits per heavy atom. The summed E-state index contributed by atoms with van der Waals surface area (Å²) in [5.74, 6) is -0.264. The Balaban J connectivity index is 1.62. The summed E-state index contributed by atoms with van der Waals surface area (Å²) in [5, 5.41) is 2.69. The highest BCUT2D eigenvalue weighted by Crippen LogP contribution is 2.25. The third-order valence-electron chi connectivity index (χ3n) is 4.27. The summed E-state index contributed by atoms with van der Waals surface area (Å²) in [4.78, 5) is 24.4. The van der Waals surface area contributed by atoms with Gasteiger partial charge in [-0.05, 0) is 29.8 Å². The smallest absolute Gasteiger partial charge is 0.333 e. The van der Waals surface area contributed by atoms with E-state index in [-0.39, 0.29) is 18.1 Å². The third kappa shape index (κ3) is 4.65. The zero-order valence-electron chi connectivity index (χ0n) is 15.4. The van der Waals surface area contributed by atoms with Crippen molar-refractivity contribution in [2.75, 3.05) is 7.11 Å². The lowest BCUT2D eigenvalue weighted by molar-refractivity contribution is -0.145. The number of ether oxygens (including phenoxy) is 1. The molecule has 1 heterocycles. The van der Waals surface area contributed by atoms with Crippen LogP contribution in [0, 0.1) is 5.82 Å². The maximum absolute atomic E-state index is 13.8. The molecule has 5 nitrogen and oxygen atoms in total. The molecule has 3 aromatic rings. The van der Waals surface area contributed by atoms with Crippen LogP contribution in [-0.4, -0.2) is 19.0 Å². The molecule has 0 unspecified atom stereocenters. The van der Waals surface area contributed by atoms with Gasteiger partial charge in [0.1, 0.15) is 17.3 Å². The van der Waals surface area contributed by atoms with Crippen molar-refractivity contribution in [1.29, 1.82) is 0 Å². The van der Waals surface area contributed by atoms with E-state index in [1.165, 1.54) is 13.2 Å². The third-order valence-corrected chi connectivity index (χ3v) is 4.27. The van der Waals surface area contributed by atoms with E-state index in [0.717, 1.165) is 0 Å². The van der Waals surface area contributed by atoms with Gasteiger partial charge in [-0.1, -0.05) is 42.5 Å². The fraction of sp³-hybridized carbons (Fsp3) is 0.182. The van der Waals surface area contributed by atoms with Crippen LogP contribution < -0.4 is 5.32 Å². The first-order chi connectivity index (χ1) is 13.6. The standard InChI is InChI=1S/C22H20FNO4/c1-27-22(26)21(15-7-3-2-4-8-15)24-20(25)14-12-16-11-13-19(28-16)17-9-5-6-10-18(17)23/h2-11,13,21H,12,14H2,1H3,(H,24,25)/t21-/m1/s1. The van der Waals surface area contributed by atoms with Crippen LogP contribution in [0.15, 0.2) is 71.1 Å². The van der Waals surface area contributed by atoms with Crippen LogP contribution >= 0.6 is 0 Å². The number of rotatable bonds is 7. The van der Waals surface area contributed by atoms with E-state index in [1.807, 2.05) is 6.07 Å². The van der Waals surface area contributed by atoms with E-state index in [1.54, 1.807) is 54.6 Å². The lowest BCUT2D eigenvalue weighted by atomic mass is 10.1. The van der Waals surface area contributed by atoms with Crippen LogP contribution in [0.2, 0.25) is 0 Å². The monoisotopic (exact) mass is 381 g/mol. The highest BCUT2D eigenvalue weighted by Gasteiger charge is 2.23. The summed E-state index contributed by atoms with van der Waals surface area (Å²) >= 11 is 0. The second-order valence-electron chi connectivity index (χ2n) is 6.18. The molecule has 2 aromatic carbocycles. The first kappa shape index (κ1) is 19.4. The molecule has 0 fully saturated rings. The van der Waals surface area contributed by atoms with Gasteiger partial charge in [-0.2, -0.15) is 0 Å². The topological polar surface area (TPSA) is 68.5 Å². The number of esters is 1. The number of amides is 1. The molecule has 0 spiro atoms. The summed E-state index contributed by atoms with van der Waals surface area (Å²) < 4.78 is 24.3. The molecule has 0 saturated heterocycles. The predicted octanol–water partition coefficient (Wildman–Crippen LogP) is 4.05. The minimum atomic E-state index is -0.871. The molecule has 0 saturated carbocycles. The van der Waals surface area contributed by atoms with Gasteiger partial charge >= 0.3 is 5.97 Å². The SMILES string of the molecule is COC(=O)[C@H](NC(=O)CCc1ccc(-c2ccccc2F)o1)c1ccccc1. The van der Waals surface area contributed by atoms with Crippen molar-refractivity contribution < 1.29 is 23.1 Å². The number of hydrogen-bond donors (Lipinski definition) is 1. The van der Waals surface area contributed by atoms with E-state index in [4.69, 9.17) is 9.15 Å². The maximum atomic E-state index is 13.8. The predicted molar refractivity (Wildman–Crippen MR) is 102 cm³/mol. The van der Waals surface area contributed by atoms with E-state index in [0.29, 0.717) is 29.1 Å². The van der Waals surface area contributed by atoms with Gasteiger partial charge in [0.15, 0.2) is 6.04 Å². The fourth-order valence-electron chi connectivity index (χ4n) is 2.83. The van der Waals surface area contributed by atoms with Crippen LogP contribution in [0.3, 0.4) is 0 Å². The van der Waals surface area contributed by atoms with Gasteiger partial charge in [0, 0.05) is 12.8 Å². The molecule has 0 aliphatic rings. The molecule has 0 aliphatic carbocycles. The Bertz CT molecular complexity index is 952. The Morgan fingerprint density at radius 3 is 2.46 bits per heavy atom. The number of carbonyl (C=O) groups excluding carboxylic acids is 2. The Labute approximate surface area is 162 Å². The number of carbonyl (C=O) groups is 2. The summed E-state index contributed by atoms with van der Waals surface area (Å²) in [5.41, 5.74) is 1.01. The van der Waals surface area contributed by atoms with E-state index in [9.17, 15) is 14.0 Å². The van der Waals surface area contributed by atoms with Crippen LogP contribution in [0.25, 0.3) is 11.3 Å². The van der Waals surface area contributed by atoms with Crippen molar-refractivity contribution in [2.24, 2.45) is 0 Å². The lowest BCUT2D eigenvalue weighted by Gasteiger charge is -2.16. The molecule has 3 rings (SSSR count). The summed E-state index contributed by atoms with van der Waals surface area (Å²) in [6.07, 6.45) is 0.438. The van der Waals surface area contributed by atoms with Crippen molar-refractivity contribution in [3.8, 4) is 11.3 Å². The molecule has 1 atom stereocenters. The summed E-state index contributed by atoms with van der Waals surface area (Å²) in [7, 11) is 1.28. The molecule has 1 N–H and O–H groups in total. The van der Waals surface area contributed by atoms with Crippen molar-refractivity contribution in [3.05, 3.63) is 83.9 Å². The Hall–Kier alpha value is -3.41. The molecule has 0 radical (unpaired) electrons. The van der Waals surface area contributed by atoms with Gasteiger partial charge in [-0.25, -0.2) is 9.18 Å². The first-order valence-corrected chi connectivity index (χ1v) is 8.84. The zero-order chi connectivity index (χ0) is 19.9. The van der Waals surface area contributed by atoms with Crippen molar-refractivity contribution >= 4 is 11.9 Å². The van der Waals surface area contributed by atoms with Crippen LogP contribution in [0.5, 0.6) is 0 Å². The van der Waals surface area contributed by atoms with E-state index < -0.39 is 12.0 Å². The fourth-order valence-corrected chi connectivity index (χ4v) is 2.83. The summed E-state index contributed by atoms with van der Waals surface area (Å²) in [6, 6.07) is 17.7. The zero-order valence-corrected chi connectivity index (χ0v) is 15.4. The van der Waals surface area contributed by atoms with Gasteiger partial charge in [0.2, 0.25) is 5.91 Å². The van der Waals surface area contributed by atoms with Crippen LogP contribution in [0.1, 0.15) is 23.8 Å². The maximum Gasteiger partial charge on any atom is 0.333 e. The van der Waals surface area contributed by atoms with Gasteiger partial charge in [-0.15, -0.1) is 0 Å². The quantitative estimate of drug-likeness (QED) is 0.627. The molecule has 0 aliphatic heterocycles. The van der Waals surface area contributed by atoms with Crippen LogP contribution in [-0.2, 0) is 20.7 Å². The number of nitrogens with one attached hydrogen (secondary N) is 1. The van der Waals surface area contributed by atoms with Crippen molar-refractivity contribution in [1.82, 2.24) is 5.32 Å². The van der Waals surface area contributed by atoms with E-state index >= 15 is 0 Å². The Morgan fingerprint density at radius 2 is 1.75 bits per heavy atom. The van der Waals surface area contributed by atoms with Crippen LogP contribution in [0.4, 0.5) is 4.39 Å². The Kier molecular flexibility index (Phi) is 6.22. The highest BCUT2D eigenvalue weighted by molar-refractivity contribution is 5.85. The van der Waals surface area contributed by atoms with E-state index in [2.05, 4.69) is 5.32 Å². The average Bonchev–Trinajstić information content (AvgIpc) is 3.19. The largest absolute Gasteiger partial charge is 0.467 e. The number of aryl methyl sites for hydroxylation is 1. The minimum Gasteiger partial charge on any atom is -0.467 e. The molecule has 1 aromatic heterocycles. The van der Waals surface area contributed by atoms with Gasteiger partial charge in [0.05, 0.1) is 12.7 Å². The second-order valence-corrected chi connectivity index (χ2v) is 6.18. The van der Waals surface area contributed by atoms with Gasteiger partial charge < -0.3 is 14.5 Å². The second kappa shape index (κ2) is 8.99. The molecule has 6 heteroatoms. The number of furan rings is 1. The number of hydrogen-bond acceptors (Lipinski definition) is 4. The minimum absolute atomic E-state index is 0.116. The molecule has 28 heavy (non-hydrogen) atoms. The summed E-state index contributed by atoms with van der Waals surface area (Å²) in [6.45, 7) is 0. The normalized spacial score (nSPS) is 11.6. The van der Waals surface area contributed by atoms with Gasteiger partial charge in [-0.3, -0.25) is 4.79 Å². The highest BCUT2D eigenvalue weighted by atomic mass is 19.1. The first-order valence-electron chi connectivity index (χ1n) is 8.84. The van der Waals surface area contributed by atoms with Crippen molar-refractivity contribution in [3.63, 3.8) is 0 Å². The molecular weight excluding hydrogens is 361 g/mol. The number of benzene rings is 2. The van der Waals surface area contributed by atoms with Gasteiger partial charge in [0.25, 0.3) is 0 Å². The average molecular weight is 381 g/mol. The number of halogens is 1. The number of methoxy groups -OCH3 is 1. The lowest BCUT2D eigenvalue weighted by Crippen LogP contribution is -2.34. The molecule has 144 valence electrons.